The van der Waals surface area contributed by atoms with Crippen molar-refractivity contribution in [1.29, 1.82) is 0 Å². The third kappa shape index (κ3) is 4.00. The molecule has 1 fully saturated rings. The average molecular weight is 336 g/mol. The Hall–Kier alpha value is -1.03. The molecule has 1 aromatic carbocycles. The molecule has 0 amide bonds. The van der Waals surface area contributed by atoms with Crippen molar-refractivity contribution in [3.63, 3.8) is 0 Å². The van der Waals surface area contributed by atoms with E-state index in [0.29, 0.717) is 0 Å². The molecule has 6 nitrogen and oxygen atoms in total. The highest BCUT2D eigenvalue weighted by Crippen LogP contribution is 2.19. The predicted octanol–water partition coefficient (Wildman–Crippen LogP) is 0.259. The number of benzene rings is 1. The maximum absolute atomic E-state index is 13.7. The molecule has 1 aliphatic rings. The molecule has 2 rings (SSSR count). The van der Waals surface area contributed by atoms with Gasteiger partial charge in [0.1, 0.15) is 10.7 Å². The zero-order chi connectivity index (χ0) is 15.7. The topological polar surface area (TPSA) is 92.3 Å². The molecule has 118 valence electrons. The van der Waals surface area contributed by atoms with E-state index >= 15 is 0 Å². The third-order valence-corrected chi connectivity index (χ3v) is 5.85. The molecule has 1 unspecified atom stereocenters. The molecular weight excluding hydrogens is 319 g/mol. The van der Waals surface area contributed by atoms with Crippen LogP contribution in [0.25, 0.3) is 0 Å². The van der Waals surface area contributed by atoms with E-state index in [4.69, 9.17) is 0 Å². The summed E-state index contributed by atoms with van der Waals surface area (Å²) in [5, 5.41) is 3.14. The fourth-order valence-electron chi connectivity index (χ4n) is 2.17. The molecule has 9 heteroatoms. The molecule has 0 spiro atoms. The fourth-order valence-corrected chi connectivity index (χ4v) is 4.00. The second kappa shape index (κ2) is 5.99. The highest BCUT2D eigenvalue weighted by molar-refractivity contribution is 7.90. The molecule has 1 aliphatic heterocycles. The van der Waals surface area contributed by atoms with Crippen LogP contribution in [0.4, 0.5) is 4.39 Å². The number of sulfone groups is 1. The molecular formula is C12H17FN2O4S2. The summed E-state index contributed by atoms with van der Waals surface area (Å²) in [5.41, 5.74) is 0. The van der Waals surface area contributed by atoms with E-state index in [2.05, 4.69) is 10.0 Å². The summed E-state index contributed by atoms with van der Waals surface area (Å²) in [4.78, 5) is -0.802. The molecule has 1 heterocycles. The Morgan fingerprint density at radius 1 is 1.33 bits per heavy atom. The Labute approximate surface area is 123 Å². The van der Waals surface area contributed by atoms with Crippen LogP contribution in [0, 0.1) is 5.82 Å². The van der Waals surface area contributed by atoms with Crippen molar-refractivity contribution < 1.29 is 21.2 Å². The lowest BCUT2D eigenvalue weighted by atomic mass is 10.2. The minimum Gasteiger partial charge on any atom is -0.313 e. The third-order valence-electron chi connectivity index (χ3n) is 3.30. The SMILES string of the molecule is CS(=O)(=O)c1ccc(S(=O)(=O)NCC2CCCN2)cc1F. The summed E-state index contributed by atoms with van der Waals surface area (Å²) < 4.78 is 62.8. The average Bonchev–Trinajstić information content (AvgIpc) is 2.88. The van der Waals surface area contributed by atoms with Gasteiger partial charge >= 0.3 is 0 Å². The monoisotopic (exact) mass is 336 g/mol. The quantitative estimate of drug-likeness (QED) is 0.805. The van der Waals surface area contributed by atoms with Crippen LogP contribution in [0.2, 0.25) is 0 Å². The summed E-state index contributed by atoms with van der Waals surface area (Å²) in [6.45, 7) is 1.07. The van der Waals surface area contributed by atoms with Crippen molar-refractivity contribution in [3.05, 3.63) is 24.0 Å². The highest BCUT2D eigenvalue weighted by Gasteiger charge is 2.22. The van der Waals surface area contributed by atoms with E-state index < -0.39 is 30.6 Å². The highest BCUT2D eigenvalue weighted by atomic mass is 32.2. The normalized spacial score (nSPS) is 19.8. The van der Waals surface area contributed by atoms with E-state index in [-0.39, 0.29) is 17.5 Å². The molecule has 1 saturated heterocycles. The summed E-state index contributed by atoms with van der Waals surface area (Å²) in [6, 6.07) is 2.84. The second-order valence-corrected chi connectivity index (χ2v) is 8.76. The van der Waals surface area contributed by atoms with E-state index in [1.807, 2.05) is 0 Å². The van der Waals surface area contributed by atoms with Crippen molar-refractivity contribution in [2.75, 3.05) is 19.3 Å². The fraction of sp³-hybridized carbons (Fsp3) is 0.500. The Morgan fingerprint density at radius 3 is 2.57 bits per heavy atom. The van der Waals surface area contributed by atoms with Gasteiger partial charge in [-0.15, -0.1) is 0 Å². The lowest BCUT2D eigenvalue weighted by Gasteiger charge is -2.12. The van der Waals surface area contributed by atoms with Crippen LogP contribution >= 0.6 is 0 Å². The smallest absolute Gasteiger partial charge is 0.240 e. The molecule has 1 aromatic rings. The number of sulfonamides is 1. The first kappa shape index (κ1) is 16.3. The van der Waals surface area contributed by atoms with Crippen LogP contribution in [0.5, 0.6) is 0 Å². The minimum absolute atomic E-state index is 0.0694. The lowest BCUT2D eigenvalue weighted by molar-refractivity contribution is 0.546. The molecule has 0 aromatic heterocycles. The largest absolute Gasteiger partial charge is 0.313 e. The summed E-state index contributed by atoms with van der Waals surface area (Å²) in [6.07, 6.45) is 2.73. The summed E-state index contributed by atoms with van der Waals surface area (Å²) in [7, 11) is -7.58. The van der Waals surface area contributed by atoms with Gasteiger partial charge in [-0.1, -0.05) is 0 Å². The van der Waals surface area contributed by atoms with Gasteiger partial charge in [0.15, 0.2) is 9.84 Å². The van der Waals surface area contributed by atoms with Gasteiger partial charge < -0.3 is 5.32 Å². The number of rotatable bonds is 5. The van der Waals surface area contributed by atoms with Crippen LogP contribution in [0.15, 0.2) is 28.0 Å². The molecule has 0 aliphatic carbocycles. The molecule has 0 bridgehead atoms. The molecule has 2 N–H and O–H groups in total. The van der Waals surface area contributed by atoms with Crippen molar-refractivity contribution in [2.45, 2.75) is 28.7 Å². The van der Waals surface area contributed by atoms with Gasteiger partial charge in [0, 0.05) is 18.8 Å². The summed E-state index contributed by atoms with van der Waals surface area (Å²) >= 11 is 0. The number of hydrogen-bond acceptors (Lipinski definition) is 5. The molecule has 0 saturated carbocycles. The van der Waals surface area contributed by atoms with E-state index in [9.17, 15) is 21.2 Å². The van der Waals surface area contributed by atoms with Crippen LogP contribution in [-0.2, 0) is 19.9 Å². The standard InChI is InChI=1S/C12H17FN2O4S2/c1-20(16,17)12-5-4-10(7-11(12)13)21(18,19)15-8-9-3-2-6-14-9/h4-5,7,9,14-15H,2-3,6,8H2,1H3. The maximum Gasteiger partial charge on any atom is 0.240 e. The van der Waals surface area contributed by atoms with E-state index in [1.54, 1.807) is 0 Å². The van der Waals surface area contributed by atoms with Crippen LogP contribution in [0.3, 0.4) is 0 Å². The van der Waals surface area contributed by atoms with Gasteiger partial charge in [0.25, 0.3) is 0 Å². The van der Waals surface area contributed by atoms with Crippen molar-refractivity contribution in [1.82, 2.24) is 10.0 Å². The first-order chi connectivity index (χ1) is 9.70. The van der Waals surface area contributed by atoms with Gasteiger partial charge in [-0.3, -0.25) is 0 Å². The van der Waals surface area contributed by atoms with Gasteiger partial charge in [0.05, 0.1) is 4.90 Å². The molecule has 1 atom stereocenters. The maximum atomic E-state index is 13.7. The second-order valence-electron chi connectivity index (χ2n) is 5.01. The number of halogens is 1. The van der Waals surface area contributed by atoms with Crippen molar-refractivity contribution in [3.8, 4) is 0 Å². The van der Waals surface area contributed by atoms with Crippen molar-refractivity contribution in [2.24, 2.45) is 0 Å². The van der Waals surface area contributed by atoms with Crippen molar-refractivity contribution >= 4 is 19.9 Å². The van der Waals surface area contributed by atoms with Gasteiger partial charge in [0.2, 0.25) is 10.0 Å². The molecule has 0 radical (unpaired) electrons. The number of hydrogen-bond donors (Lipinski definition) is 2. The zero-order valence-corrected chi connectivity index (χ0v) is 13.1. The Morgan fingerprint density at radius 2 is 2.05 bits per heavy atom. The summed E-state index contributed by atoms with van der Waals surface area (Å²) in [5.74, 6) is -1.07. The zero-order valence-electron chi connectivity index (χ0n) is 11.5. The predicted molar refractivity (Wildman–Crippen MR) is 75.7 cm³/mol. The Bertz CT molecular complexity index is 726. The minimum atomic E-state index is -3.86. The van der Waals surface area contributed by atoms with Gasteiger partial charge in [-0.2, -0.15) is 0 Å². The Kier molecular flexibility index (Phi) is 4.66. The van der Waals surface area contributed by atoms with Gasteiger partial charge in [-0.05, 0) is 37.6 Å². The van der Waals surface area contributed by atoms with E-state index in [0.717, 1.165) is 43.8 Å². The first-order valence-corrected chi connectivity index (χ1v) is 9.80. The van der Waals surface area contributed by atoms with Gasteiger partial charge in [-0.25, -0.2) is 25.9 Å². The molecule has 21 heavy (non-hydrogen) atoms. The first-order valence-electron chi connectivity index (χ1n) is 6.43. The van der Waals surface area contributed by atoms with Crippen LogP contribution < -0.4 is 10.0 Å². The Balaban J connectivity index is 2.18. The van der Waals surface area contributed by atoms with E-state index in [1.165, 1.54) is 0 Å². The van der Waals surface area contributed by atoms with Crippen LogP contribution in [-0.4, -0.2) is 42.2 Å². The number of nitrogens with one attached hydrogen (secondary N) is 2. The lowest BCUT2D eigenvalue weighted by Crippen LogP contribution is -2.37. The van der Waals surface area contributed by atoms with Crippen LogP contribution in [0.1, 0.15) is 12.8 Å².